The van der Waals surface area contributed by atoms with Crippen molar-refractivity contribution in [2.75, 3.05) is 26.9 Å². The average Bonchev–Trinajstić information content (AvgIpc) is 2.87. The van der Waals surface area contributed by atoms with Gasteiger partial charge in [-0.2, -0.15) is 0 Å². The molecule has 0 radical (unpaired) electrons. The predicted molar refractivity (Wildman–Crippen MR) is 126 cm³/mol. The molecule has 1 saturated heterocycles. The molecule has 33 heavy (non-hydrogen) atoms. The highest BCUT2D eigenvalue weighted by Gasteiger charge is 2.22. The highest BCUT2D eigenvalue weighted by Crippen LogP contribution is 2.30. The molecule has 5 heterocycles. The fourth-order valence-electron chi connectivity index (χ4n) is 4.42. The highest BCUT2D eigenvalue weighted by molar-refractivity contribution is 6.32. The zero-order valence-corrected chi connectivity index (χ0v) is 19.4. The van der Waals surface area contributed by atoms with Gasteiger partial charge in [-0.05, 0) is 31.7 Å². The number of fused-ring (bicyclic) bond motifs is 2. The minimum absolute atomic E-state index is 0.410. The Labute approximate surface area is 198 Å². The molecule has 0 amide bonds. The van der Waals surface area contributed by atoms with Crippen molar-refractivity contribution in [2.24, 2.45) is 0 Å². The summed E-state index contributed by atoms with van der Waals surface area (Å²) >= 11 is 6.49. The van der Waals surface area contributed by atoms with Crippen molar-refractivity contribution in [3.63, 3.8) is 0 Å². The van der Waals surface area contributed by atoms with Crippen molar-refractivity contribution in [3.8, 4) is 17.4 Å². The number of hydrogen-bond acceptors (Lipinski definition) is 8. The summed E-state index contributed by atoms with van der Waals surface area (Å²) in [5, 5.41) is 7.95. The molecular formula is C24H28ClN5O3. The van der Waals surface area contributed by atoms with Crippen molar-refractivity contribution < 1.29 is 14.2 Å². The molecule has 0 aliphatic carbocycles. The summed E-state index contributed by atoms with van der Waals surface area (Å²) in [6, 6.07) is 6.57. The summed E-state index contributed by atoms with van der Waals surface area (Å²) in [7, 11) is 1.62. The lowest BCUT2D eigenvalue weighted by molar-refractivity contribution is 0.170. The van der Waals surface area contributed by atoms with Crippen LogP contribution < -0.4 is 24.8 Å². The number of methoxy groups -OCH3 is 1. The summed E-state index contributed by atoms with van der Waals surface area (Å²) in [5.74, 6) is 2.08. The number of hydrogen-bond donors (Lipinski definition) is 2. The van der Waals surface area contributed by atoms with Crippen LogP contribution in [0, 0.1) is 0 Å². The van der Waals surface area contributed by atoms with Crippen LogP contribution in [0.2, 0.25) is 5.02 Å². The third-order valence-corrected chi connectivity index (χ3v) is 6.59. The second kappa shape index (κ2) is 10.1. The van der Waals surface area contributed by atoms with Gasteiger partial charge in [0.15, 0.2) is 11.5 Å². The first kappa shape index (κ1) is 22.1. The number of aryl methyl sites for hydroxylation is 1. The summed E-state index contributed by atoms with van der Waals surface area (Å²) < 4.78 is 16.5. The molecule has 0 aromatic carbocycles. The van der Waals surface area contributed by atoms with E-state index in [2.05, 4.69) is 25.6 Å². The molecule has 0 unspecified atom stereocenters. The molecule has 2 atom stereocenters. The van der Waals surface area contributed by atoms with E-state index in [-0.39, 0.29) is 0 Å². The molecule has 9 heteroatoms. The molecule has 3 aromatic heterocycles. The maximum Gasteiger partial charge on any atom is 0.213 e. The molecule has 8 nitrogen and oxygen atoms in total. The van der Waals surface area contributed by atoms with E-state index in [1.807, 2.05) is 18.2 Å². The fourth-order valence-corrected chi connectivity index (χ4v) is 4.65. The van der Waals surface area contributed by atoms with E-state index in [9.17, 15) is 0 Å². The van der Waals surface area contributed by atoms with Gasteiger partial charge in [-0.15, -0.1) is 0 Å². The minimum atomic E-state index is 0.410. The average molecular weight is 470 g/mol. The minimum Gasteiger partial charge on any atom is -0.486 e. The lowest BCUT2D eigenvalue weighted by Crippen LogP contribution is -2.47. The van der Waals surface area contributed by atoms with Gasteiger partial charge >= 0.3 is 0 Å². The van der Waals surface area contributed by atoms with E-state index in [1.54, 1.807) is 19.5 Å². The quantitative estimate of drug-likeness (QED) is 0.544. The third-order valence-electron chi connectivity index (χ3n) is 6.27. The zero-order chi connectivity index (χ0) is 22.6. The van der Waals surface area contributed by atoms with E-state index >= 15 is 0 Å². The van der Waals surface area contributed by atoms with Gasteiger partial charge in [-0.3, -0.25) is 9.97 Å². The Morgan fingerprint density at radius 1 is 1.15 bits per heavy atom. The normalized spacial score (nSPS) is 20.1. The van der Waals surface area contributed by atoms with Crippen molar-refractivity contribution in [1.29, 1.82) is 0 Å². The zero-order valence-electron chi connectivity index (χ0n) is 18.6. The van der Waals surface area contributed by atoms with E-state index in [0.717, 1.165) is 66.0 Å². The number of nitrogens with zero attached hydrogens (tertiary/aromatic N) is 3. The maximum atomic E-state index is 6.49. The SMILES string of the molecule is COc1ccc2ncc(Cl)c(CC[C@H]3CC[C@H](NCc4cc5c(cn4)OCCO5)CN3)c2n1. The lowest BCUT2D eigenvalue weighted by Gasteiger charge is -2.31. The standard InChI is InChI=1S/C24H28ClN5O3/c1-31-23-7-6-20-24(30-23)18(19(25)13-29-20)5-4-15-2-3-16(11-26-15)27-12-17-10-21-22(14-28-17)33-9-8-32-21/h6-7,10,13-16,26-27H,2-5,8-9,11-12H2,1H3/t15-,16+/m1/s1. The van der Waals surface area contributed by atoms with Crippen molar-refractivity contribution in [2.45, 2.75) is 44.3 Å². The predicted octanol–water partition coefficient (Wildman–Crippen LogP) is 3.30. The molecular weight excluding hydrogens is 442 g/mol. The summed E-state index contributed by atoms with van der Waals surface area (Å²) in [5.41, 5.74) is 3.66. The van der Waals surface area contributed by atoms with Gasteiger partial charge < -0.3 is 24.8 Å². The first-order chi connectivity index (χ1) is 16.2. The Balaban J connectivity index is 1.13. The Morgan fingerprint density at radius 3 is 2.85 bits per heavy atom. The summed E-state index contributed by atoms with van der Waals surface area (Å²) in [6.07, 6.45) is 7.51. The van der Waals surface area contributed by atoms with Gasteiger partial charge in [0.25, 0.3) is 0 Å². The first-order valence-corrected chi connectivity index (χ1v) is 11.8. The van der Waals surface area contributed by atoms with Crippen LogP contribution in [0.3, 0.4) is 0 Å². The summed E-state index contributed by atoms with van der Waals surface area (Å²) in [6.45, 7) is 2.79. The molecule has 2 aliphatic rings. The molecule has 0 saturated carbocycles. The van der Waals surface area contributed by atoms with E-state index in [4.69, 9.17) is 25.8 Å². The van der Waals surface area contributed by atoms with E-state index in [0.29, 0.717) is 42.7 Å². The molecule has 3 aromatic rings. The topological polar surface area (TPSA) is 90.4 Å². The van der Waals surface area contributed by atoms with Crippen LogP contribution in [0.4, 0.5) is 0 Å². The van der Waals surface area contributed by atoms with E-state index < -0.39 is 0 Å². The third kappa shape index (κ3) is 5.13. The monoisotopic (exact) mass is 469 g/mol. The van der Waals surface area contributed by atoms with Crippen LogP contribution in [-0.2, 0) is 13.0 Å². The van der Waals surface area contributed by atoms with Gasteiger partial charge in [0.2, 0.25) is 5.88 Å². The van der Waals surface area contributed by atoms with Gasteiger partial charge in [0.05, 0.1) is 35.1 Å². The second-order valence-corrected chi connectivity index (χ2v) is 8.83. The molecule has 2 aliphatic heterocycles. The first-order valence-electron chi connectivity index (χ1n) is 11.4. The number of nitrogens with one attached hydrogen (secondary N) is 2. The molecule has 0 spiro atoms. The number of aromatic nitrogens is 3. The molecule has 0 bridgehead atoms. The number of ether oxygens (including phenoxy) is 3. The van der Waals surface area contributed by atoms with Gasteiger partial charge in [-0.1, -0.05) is 11.6 Å². The van der Waals surface area contributed by atoms with Gasteiger partial charge in [-0.25, -0.2) is 4.98 Å². The number of piperidine rings is 1. The lowest BCUT2D eigenvalue weighted by atomic mass is 9.95. The summed E-state index contributed by atoms with van der Waals surface area (Å²) in [4.78, 5) is 13.5. The van der Waals surface area contributed by atoms with Crippen LogP contribution >= 0.6 is 11.6 Å². The van der Waals surface area contributed by atoms with Crippen LogP contribution in [-0.4, -0.2) is 53.9 Å². The Hall–Kier alpha value is -2.68. The Kier molecular flexibility index (Phi) is 6.75. The number of pyridine rings is 3. The van der Waals surface area contributed by atoms with Crippen LogP contribution in [0.25, 0.3) is 11.0 Å². The fraction of sp³-hybridized carbons (Fsp3) is 0.458. The molecule has 2 N–H and O–H groups in total. The number of rotatable bonds is 7. The Morgan fingerprint density at radius 2 is 2.03 bits per heavy atom. The largest absolute Gasteiger partial charge is 0.486 e. The molecule has 5 rings (SSSR count). The highest BCUT2D eigenvalue weighted by atomic mass is 35.5. The van der Waals surface area contributed by atoms with Crippen LogP contribution in [0.15, 0.2) is 30.6 Å². The smallest absolute Gasteiger partial charge is 0.213 e. The molecule has 174 valence electrons. The van der Waals surface area contributed by atoms with Crippen molar-refractivity contribution >= 4 is 22.6 Å². The van der Waals surface area contributed by atoms with E-state index in [1.165, 1.54) is 0 Å². The van der Waals surface area contributed by atoms with Crippen LogP contribution in [0.1, 0.15) is 30.5 Å². The van der Waals surface area contributed by atoms with Crippen molar-refractivity contribution in [1.82, 2.24) is 25.6 Å². The maximum absolute atomic E-state index is 6.49. The van der Waals surface area contributed by atoms with Crippen LogP contribution in [0.5, 0.6) is 17.4 Å². The van der Waals surface area contributed by atoms with Crippen molar-refractivity contribution in [3.05, 3.63) is 46.9 Å². The second-order valence-electron chi connectivity index (χ2n) is 8.42. The Bertz CT molecular complexity index is 1120. The molecule has 1 fully saturated rings. The van der Waals surface area contributed by atoms with Gasteiger partial charge in [0.1, 0.15) is 13.2 Å². The van der Waals surface area contributed by atoms with Gasteiger partial charge in [0, 0.05) is 49.1 Å². The number of halogens is 1.